The van der Waals surface area contributed by atoms with Crippen LogP contribution in [0.15, 0.2) is 40.1 Å². The summed E-state index contributed by atoms with van der Waals surface area (Å²) in [4.78, 5) is 16.6. The van der Waals surface area contributed by atoms with Gasteiger partial charge in [-0.1, -0.05) is 17.7 Å². The van der Waals surface area contributed by atoms with E-state index < -0.39 is 0 Å². The number of benzene rings is 1. The van der Waals surface area contributed by atoms with Crippen molar-refractivity contribution in [3.8, 4) is 11.3 Å². The van der Waals surface area contributed by atoms with E-state index >= 15 is 0 Å². The first-order chi connectivity index (χ1) is 10.5. The van der Waals surface area contributed by atoms with Gasteiger partial charge in [-0.2, -0.15) is 0 Å². The first-order valence-corrected chi connectivity index (χ1v) is 7.82. The number of furan rings is 1. The molecule has 3 rings (SSSR count). The van der Waals surface area contributed by atoms with Crippen LogP contribution < -0.4 is 5.32 Å². The molecule has 0 aliphatic heterocycles. The summed E-state index contributed by atoms with van der Waals surface area (Å²) in [7, 11) is 0. The van der Waals surface area contributed by atoms with Gasteiger partial charge in [0, 0.05) is 10.9 Å². The number of aromatic nitrogens is 1. The zero-order valence-electron chi connectivity index (χ0n) is 12.6. The summed E-state index contributed by atoms with van der Waals surface area (Å²) in [5.41, 5.74) is 4.31. The first-order valence-electron chi connectivity index (χ1n) is 6.94. The molecule has 4 nitrogen and oxygen atoms in total. The van der Waals surface area contributed by atoms with Gasteiger partial charge in [0.25, 0.3) is 5.91 Å². The number of thiazole rings is 1. The molecule has 3 aromatic rings. The number of carbonyl (C=O) groups excluding carboxylic acids is 1. The van der Waals surface area contributed by atoms with Crippen LogP contribution in [0.4, 0.5) is 5.13 Å². The second kappa shape index (κ2) is 5.77. The molecule has 0 bridgehead atoms. The smallest absolute Gasteiger partial charge is 0.293 e. The van der Waals surface area contributed by atoms with Crippen molar-refractivity contribution in [2.45, 2.75) is 20.8 Å². The molecule has 0 atom stereocenters. The molecule has 0 radical (unpaired) electrons. The van der Waals surface area contributed by atoms with E-state index in [-0.39, 0.29) is 5.91 Å². The van der Waals surface area contributed by atoms with Crippen molar-refractivity contribution in [1.82, 2.24) is 4.98 Å². The largest absolute Gasteiger partial charge is 0.456 e. The number of aryl methyl sites for hydroxylation is 3. The number of amides is 1. The average molecular weight is 312 g/mol. The molecule has 0 spiro atoms. The van der Waals surface area contributed by atoms with Crippen LogP contribution in [0, 0.1) is 20.8 Å². The third-order valence-electron chi connectivity index (χ3n) is 3.36. The molecule has 2 aromatic heterocycles. The Hall–Kier alpha value is -2.40. The lowest BCUT2D eigenvalue weighted by Crippen LogP contribution is -2.10. The minimum absolute atomic E-state index is 0.282. The van der Waals surface area contributed by atoms with Crippen molar-refractivity contribution in [2.24, 2.45) is 0 Å². The Morgan fingerprint density at radius 1 is 1.18 bits per heavy atom. The molecule has 1 aromatic carbocycles. The normalized spacial score (nSPS) is 10.7. The summed E-state index contributed by atoms with van der Waals surface area (Å²) in [5, 5.41) is 5.28. The highest BCUT2D eigenvalue weighted by Crippen LogP contribution is 2.28. The highest BCUT2D eigenvalue weighted by atomic mass is 32.1. The van der Waals surface area contributed by atoms with Crippen molar-refractivity contribution in [3.63, 3.8) is 0 Å². The van der Waals surface area contributed by atoms with Gasteiger partial charge in [-0.05, 0) is 44.5 Å². The van der Waals surface area contributed by atoms with E-state index in [1.165, 1.54) is 16.9 Å². The predicted molar refractivity (Wildman–Crippen MR) is 88.4 cm³/mol. The second-order valence-electron chi connectivity index (χ2n) is 5.22. The lowest BCUT2D eigenvalue weighted by molar-refractivity contribution is 0.0995. The molecule has 0 aliphatic rings. The van der Waals surface area contributed by atoms with E-state index in [2.05, 4.69) is 42.3 Å². The minimum Gasteiger partial charge on any atom is -0.456 e. The van der Waals surface area contributed by atoms with Crippen LogP contribution in [0.2, 0.25) is 0 Å². The van der Waals surface area contributed by atoms with Crippen LogP contribution in [0.1, 0.15) is 27.4 Å². The maximum atomic E-state index is 12.1. The average Bonchev–Trinajstić information content (AvgIpc) is 3.11. The van der Waals surface area contributed by atoms with Gasteiger partial charge >= 0.3 is 0 Å². The fourth-order valence-corrected chi connectivity index (χ4v) is 2.89. The minimum atomic E-state index is -0.282. The second-order valence-corrected chi connectivity index (χ2v) is 6.08. The fraction of sp³-hybridized carbons (Fsp3) is 0.176. The van der Waals surface area contributed by atoms with E-state index in [0.717, 1.165) is 16.8 Å². The predicted octanol–water partition coefficient (Wildman–Crippen LogP) is 4.58. The molecule has 1 N–H and O–H groups in total. The van der Waals surface area contributed by atoms with Crippen LogP contribution in [0.25, 0.3) is 11.3 Å². The van der Waals surface area contributed by atoms with Gasteiger partial charge in [-0.15, -0.1) is 11.3 Å². The Kier molecular flexibility index (Phi) is 3.81. The summed E-state index contributed by atoms with van der Waals surface area (Å²) in [6.07, 6.45) is 0. The SMILES string of the molecule is Cc1ccc(C)c(-c2csc(NC(=O)c3ccc(C)o3)n2)c1. The van der Waals surface area contributed by atoms with Crippen LogP contribution in [-0.2, 0) is 0 Å². The van der Waals surface area contributed by atoms with Gasteiger partial charge < -0.3 is 4.42 Å². The van der Waals surface area contributed by atoms with Crippen molar-refractivity contribution >= 4 is 22.4 Å². The van der Waals surface area contributed by atoms with E-state index in [1.807, 2.05) is 5.38 Å². The zero-order valence-corrected chi connectivity index (χ0v) is 13.5. The molecule has 0 fully saturated rings. The zero-order chi connectivity index (χ0) is 15.7. The summed E-state index contributed by atoms with van der Waals surface area (Å²) in [6.45, 7) is 5.91. The number of anilines is 1. The fourth-order valence-electron chi connectivity index (χ4n) is 2.18. The Balaban J connectivity index is 1.82. The van der Waals surface area contributed by atoms with Crippen LogP contribution >= 0.6 is 11.3 Å². The lowest BCUT2D eigenvalue weighted by atomic mass is 10.0. The molecule has 0 aliphatic carbocycles. The number of nitrogens with one attached hydrogen (secondary N) is 1. The number of hydrogen-bond donors (Lipinski definition) is 1. The summed E-state index contributed by atoms with van der Waals surface area (Å²) in [6, 6.07) is 9.68. The summed E-state index contributed by atoms with van der Waals surface area (Å²) < 4.78 is 5.31. The Morgan fingerprint density at radius 2 is 2.00 bits per heavy atom. The van der Waals surface area contributed by atoms with Crippen molar-refractivity contribution in [3.05, 3.63) is 58.4 Å². The number of nitrogens with zero attached hydrogens (tertiary/aromatic N) is 1. The lowest BCUT2D eigenvalue weighted by Gasteiger charge is -2.03. The van der Waals surface area contributed by atoms with Gasteiger partial charge in [0.1, 0.15) is 5.76 Å². The van der Waals surface area contributed by atoms with Crippen LogP contribution in [-0.4, -0.2) is 10.9 Å². The summed E-state index contributed by atoms with van der Waals surface area (Å²) >= 11 is 1.40. The van der Waals surface area contributed by atoms with Gasteiger partial charge in [0.2, 0.25) is 0 Å². The molecular formula is C17H16N2O2S. The molecule has 0 saturated heterocycles. The van der Waals surface area contributed by atoms with E-state index in [1.54, 1.807) is 19.1 Å². The molecule has 1 amide bonds. The molecule has 5 heteroatoms. The maximum Gasteiger partial charge on any atom is 0.293 e. The highest BCUT2D eigenvalue weighted by Gasteiger charge is 2.13. The van der Waals surface area contributed by atoms with Crippen molar-refractivity contribution in [1.29, 1.82) is 0 Å². The third-order valence-corrected chi connectivity index (χ3v) is 4.12. The highest BCUT2D eigenvalue weighted by molar-refractivity contribution is 7.14. The Labute approximate surface area is 132 Å². The number of rotatable bonds is 3. The standard InChI is InChI=1S/C17H16N2O2S/c1-10-4-5-11(2)13(8-10)14-9-22-17(18-14)19-16(20)15-7-6-12(3)21-15/h4-9H,1-3H3,(H,18,19,20). The van der Waals surface area contributed by atoms with E-state index in [9.17, 15) is 4.79 Å². The van der Waals surface area contributed by atoms with Crippen LogP contribution in [0.5, 0.6) is 0 Å². The van der Waals surface area contributed by atoms with Crippen molar-refractivity contribution in [2.75, 3.05) is 5.32 Å². The third kappa shape index (κ3) is 2.94. The molecule has 2 heterocycles. The molecule has 0 unspecified atom stereocenters. The molecular weight excluding hydrogens is 296 g/mol. The molecule has 112 valence electrons. The van der Waals surface area contributed by atoms with Crippen molar-refractivity contribution < 1.29 is 9.21 Å². The van der Waals surface area contributed by atoms with E-state index in [0.29, 0.717) is 16.7 Å². The van der Waals surface area contributed by atoms with E-state index in [4.69, 9.17) is 4.42 Å². The molecule has 0 saturated carbocycles. The number of hydrogen-bond acceptors (Lipinski definition) is 4. The van der Waals surface area contributed by atoms with Gasteiger partial charge in [0.15, 0.2) is 10.9 Å². The van der Waals surface area contributed by atoms with Crippen LogP contribution in [0.3, 0.4) is 0 Å². The van der Waals surface area contributed by atoms with Gasteiger partial charge in [-0.3, -0.25) is 10.1 Å². The Morgan fingerprint density at radius 3 is 2.73 bits per heavy atom. The first kappa shape index (κ1) is 14.5. The number of carbonyl (C=O) groups is 1. The monoisotopic (exact) mass is 312 g/mol. The van der Waals surface area contributed by atoms with Gasteiger partial charge in [0.05, 0.1) is 5.69 Å². The molecule has 22 heavy (non-hydrogen) atoms. The maximum absolute atomic E-state index is 12.1. The van der Waals surface area contributed by atoms with Gasteiger partial charge in [-0.25, -0.2) is 4.98 Å². The Bertz CT molecular complexity index is 833. The topological polar surface area (TPSA) is 55.1 Å². The summed E-state index contributed by atoms with van der Waals surface area (Å²) in [5.74, 6) is 0.719. The quantitative estimate of drug-likeness (QED) is 0.770.